The standard InChI is InChI=1S/3C5H8O2.Pr/c3*1-4(6)3-5(2)7;/h3*3,6H,1-2H3;/b4-3+;2*4-3-;. The van der Waals surface area contributed by atoms with Crippen molar-refractivity contribution in [3.63, 3.8) is 0 Å². The molecule has 0 amide bonds. The molecule has 0 bridgehead atoms. The molecule has 1 radical (unpaired) electrons. The van der Waals surface area contributed by atoms with Crippen LogP contribution in [0.1, 0.15) is 41.5 Å². The van der Waals surface area contributed by atoms with Gasteiger partial charge in [-0.05, 0) is 41.5 Å². The Balaban J connectivity index is -0.000000108. The number of aliphatic hydroxyl groups is 3. The number of ketones is 3. The first-order valence-corrected chi connectivity index (χ1v) is 6.02. The second-order valence-corrected chi connectivity index (χ2v) is 4.19. The molecule has 22 heavy (non-hydrogen) atoms. The van der Waals surface area contributed by atoms with E-state index in [0.717, 1.165) is 0 Å². The summed E-state index contributed by atoms with van der Waals surface area (Å²) in [4.78, 5) is 30.1. The molecule has 0 aromatic heterocycles. The van der Waals surface area contributed by atoms with Gasteiger partial charge in [-0.2, -0.15) is 0 Å². The summed E-state index contributed by atoms with van der Waals surface area (Å²) < 4.78 is 0. The molecule has 0 heterocycles. The molecule has 0 aliphatic carbocycles. The largest absolute Gasteiger partial charge is 0.512 e. The number of rotatable bonds is 3. The summed E-state index contributed by atoms with van der Waals surface area (Å²) in [5.41, 5.74) is 0. The van der Waals surface area contributed by atoms with E-state index < -0.39 is 0 Å². The molecule has 0 aliphatic rings. The van der Waals surface area contributed by atoms with Crippen LogP contribution in [0.15, 0.2) is 35.5 Å². The summed E-state index contributed by atoms with van der Waals surface area (Å²) in [6.07, 6.45) is 3.50. The average Bonchev–Trinajstić information content (AvgIpc) is 2.10. The Morgan fingerprint density at radius 3 is 0.682 bits per heavy atom. The molecule has 0 aliphatic heterocycles. The smallest absolute Gasteiger partial charge is 0.155 e. The molecule has 0 fully saturated rings. The zero-order valence-corrected chi connectivity index (χ0v) is 17.6. The van der Waals surface area contributed by atoms with Gasteiger partial charge in [0.15, 0.2) is 17.3 Å². The van der Waals surface area contributed by atoms with Crippen LogP contribution < -0.4 is 0 Å². The van der Waals surface area contributed by atoms with Crippen molar-refractivity contribution < 1.29 is 71.0 Å². The third-order valence-electron chi connectivity index (χ3n) is 1.24. The van der Waals surface area contributed by atoms with Gasteiger partial charge < -0.3 is 15.3 Å². The van der Waals surface area contributed by atoms with Crippen molar-refractivity contribution in [3.8, 4) is 0 Å². The zero-order valence-electron chi connectivity index (χ0n) is 13.9. The fourth-order valence-corrected chi connectivity index (χ4v) is 0.882. The van der Waals surface area contributed by atoms with Crippen molar-refractivity contribution in [1.82, 2.24) is 0 Å². The third kappa shape index (κ3) is 50.9. The topological polar surface area (TPSA) is 112 Å². The molecule has 123 valence electrons. The van der Waals surface area contributed by atoms with Gasteiger partial charge in [0.25, 0.3) is 0 Å². The summed E-state index contributed by atoms with van der Waals surface area (Å²) in [6.45, 7) is 8.54. The van der Waals surface area contributed by atoms with Crippen LogP contribution in [-0.4, -0.2) is 32.7 Å². The van der Waals surface area contributed by atoms with Crippen LogP contribution in [0.5, 0.6) is 0 Å². The van der Waals surface area contributed by atoms with Crippen molar-refractivity contribution in [2.75, 3.05) is 0 Å². The maximum atomic E-state index is 10.0. The van der Waals surface area contributed by atoms with E-state index in [2.05, 4.69) is 0 Å². The average molecular weight is 441 g/mol. The van der Waals surface area contributed by atoms with Crippen molar-refractivity contribution in [1.29, 1.82) is 0 Å². The summed E-state index contributed by atoms with van der Waals surface area (Å²) in [5, 5.41) is 25.1. The first kappa shape index (κ1) is 29.1. The Morgan fingerprint density at radius 2 is 0.682 bits per heavy atom. The summed E-state index contributed by atoms with van der Waals surface area (Å²) >= 11 is 0. The predicted molar refractivity (Wildman–Crippen MR) is 81.2 cm³/mol. The van der Waals surface area contributed by atoms with Gasteiger partial charge >= 0.3 is 0 Å². The van der Waals surface area contributed by atoms with Crippen LogP contribution in [0.4, 0.5) is 0 Å². The minimum absolute atomic E-state index is 0. The Morgan fingerprint density at radius 1 is 0.545 bits per heavy atom. The van der Waals surface area contributed by atoms with Gasteiger partial charge in [0.2, 0.25) is 0 Å². The Bertz CT molecular complexity index is 368. The molecule has 0 spiro atoms. The van der Waals surface area contributed by atoms with Gasteiger partial charge in [0.05, 0.1) is 17.3 Å². The van der Waals surface area contributed by atoms with E-state index in [9.17, 15) is 14.4 Å². The second kappa shape index (κ2) is 18.0. The molecule has 0 aromatic rings. The number of carbonyl (C=O) groups is 3. The minimum atomic E-state index is -0.125. The van der Waals surface area contributed by atoms with Crippen LogP contribution in [-0.2, 0) is 14.4 Å². The molecular formula is C15H24O6Pr. The number of hydrogen-bond donors (Lipinski definition) is 3. The van der Waals surface area contributed by atoms with E-state index in [1.165, 1.54) is 59.8 Å². The van der Waals surface area contributed by atoms with E-state index in [-0.39, 0.29) is 75.9 Å². The predicted octanol–water partition coefficient (Wildman–Crippen LogP) is 3.11. The van der Waals surface area contributed by atoms with Gasteiger partial charge in [0, 0.05) is 59.5 Å². The first-order chi connectivity index (χ1) is 9.38. The number of aliphatic hydroxyl groups excluding tert-OH is 3. The summed E-state index contributed by atoms with van der Waals surface area (Å²) in [7, 11) is 0. The van der Waals surface area contributed by atoms with Gasteiger partial charge in [-0.1, -0.05) is 0 Å². The first-order valence-electron chi connectivity index (χ1n) is 6.02. The minimum Gasteiger partial charge on any atom is -0.512 e. The van der Waals surface area contributed by atoms with E-state index in [1.807, 2.05) is 0 Å². The number of carbonyl (C=O) groups excluding carboxylic acids is 3. The van der Waals surface area contributed by atoms with Gasteiger partial charge in [-0.25, -0.2) is 0 Å². The quantitative estimate of drug-likeness (QED) is 0.459. The third-order valence-corrected chi connectivity index (χ3v) is 1.24. The maximum Gasteiger partial charge on any atom is 0.155 e. The number of hydrogen-bond acceptors (Lipinski definition) is 6. The number of allylic oxidation sites excluding steroid dienone is 6. The van der Waals surface area contributed by atoms with Gasteiger partial charge in [-0.15, -0.1) is 0 Å². The van der Waals surface area contributed by atoms with Crippen LogP contribution in [0.3, 0.4) is 0 Å². The van der Waals surface area contributed by atoms with Crippen molar-refractivity contribution in [2.24, 2.45) is 0 Å². The maximum absolute atomic E-state index is 10.0. The van der Waals surface area contributed by atoms with Gasteiger partial charge in [-0.3, -0.25) is 14.4 Å². The molecule has 0 aromatic carbocycles. The van der Waals surface area contributed by atoms with Crippen LogP contribution in [0.25, 0.3) is 0 Å². The fraction of sp³-hybridized carbons (Fsp3) is 0.400. The molecule has 0 rings (SSSR count). The van der Waals surface area contributed by atoms with Crippen LogP contribution >= 0.6 is 0 Å². The summed E-state index contributed by atoms with van der Waals surface area (Å²) in [5.74, 6) is -0.187. The summed E-state index contributed by atoms with van der Waals surface area (Å²) in [6, 6.07) is 0. The molecule has 6 nitrogen and oxygen atoms in total. The fourth-order valence-electron chi connectivity index (χ4n) is 0.882. The normalized spacial score (nSPS) is 10.9. The zero-order chi connectivity index (χ0) is 17.6. The molecule has 3 N–H and O–H groups in total. The molecule has 0 saturated heterocycles. The van der Waals surface area contributed by atoms with E-state index in [0.29, 0.717) is 0 Å². The molecular weight excluding hydrogens is 417 g/mol. The van der Waals surface area contributed by atoms with Crippen LogP contribution in [0, 0.1) is 41.3 Å². The SMILES string of the molecule is CC(=O)/C=C(/C)O.CC(=O)/C=C(/C)O.CC(=O)/C=C(\C)O.[Pr]. The van der Waals surface area contributed by atoms with E-state index >= 15 is 0 Å². The Kier molecular flexibility index (Phi) is 23.8. The van der Waals surface area contributed by atoms with Gasteiger partial charge in [0.1, 0.15) is 0 Å². The molecule has 0 saturated carbocycles. The molecule has 7 heteroatoms. The molecule has 0 atom stereocenters. The molecule has 0 unspecified atom stereocenters. The Labute approximate surface area is 164 Å². The monoisotopic (exact) mass is 441 g/mol. The van der Waals surface area contributed by atoms with Crippen LogP contribution in [0.2, 0.25) is 0 Å². The van der Waals surface area contributed by atoms with Crippen molar-refractivity contribution in [3.05, 3.63) is 35.5 Å². The van der Waals surface area contributed by atoms with E-state index in [4.69, 9.17) is 15.3 Å². The van der Waals surface area contributed by atoms with Crippen molar-refractivity contribution in [2.45, 2.75) is 41.5 Å². The second-order valence-electron chi connectivity index (χ2n) is 4.19. The van der Waals surface area contributed by atoms with Crippen molar-refractivity contribution >= 4 is 17.3 Å². The Hall–Kier alpha value is -1.01. The van der Waals surface area contributed by atoms with E-state index in [1.54, 1.807) is 0 Å².